The molecule has 1 aromatic heterocycles. The Morgan fingerprint density at radius 3 is 2.74 bits per heavy atom. The SMILES string of the molecule is CSc1ccccc1CCNC(=O)c1ccccn1. The first-order valence-electron chi connectivity index (χ1n) is 6.12. The first-order chi connectivity index (χ1) is 9.31. The highest BCUT2D eigenvalue weighted by Gasteiger charge is 2.06. The molecule has 0 spiro atoms. The Hall–Kier alpha value is -1.81. The third kappa shape index (κ3) is 3.83. The first kappa shape index (κ1) is 13.6. The second kappa shape index (κ2) is 6.95. The Morgan fingerprint density at radius 2 is 2.00 bits per heavy atom. The average Bonchev–Trinajstić information content (AvgIpc) is 2.48. The van der Waals surface area contributed by atoms with E-state index >= 15 is 0 Å². The van der Waals surface area contributed by atoms with Gasteiger partial charge >= 0.3 is 0 Å². The number of pyridine rings is 1. The van der Waals surface area contributed by atoms with Gasteiger partial charge in [-0.25, -0.2) is 0 Å². The number of benzene rings is 1. The number of carbonyl (C=O) groups excluding carboxylic acids is 1. The molecular weight excluding hydrogens is 256 g/mol. The monoisotopic (exact) mass is 272 g/mol. The van der Waals surface area contributed by atoms with Crippen molar-refractivity contribution in [2.75, 3.05) is 12.8 Å². The van der Waals surface area contributed by atoms with E-state index in [1.54, 1.807) is 30.1 Å². The fourth-order valence-corrected chi connectivity index (χ4v) is 2.45. The van der Waals surface area contributed by atoms with Crippen LogP contribution in [0.4, 0.5) is 0 Å². The molecule has 0 aliphatic rings. The van der Waals surface area contributed by atoms with Crippen molar-refractivity contribution >= 4 is 17.7 Å². The molecule has 0 fully saturated rings. The lowest BCUT2D eigenvalue weighted by Crippen LogP contribution is -2.26. The van der Waals surface area contributed by atoms with Gasteiger partial charge in [-0.2, -0.15) is 0 Å². The zero-order chi connectivity index (χ0) is 13.5. The third-order valence-electron chi connectivity index (χ3n) is 2.77. The maximum Gasteiger partial charge on any atom is 0.269 e. The van der Waals surface area contributed by atoms with Crippen LogP contribution >= 0.6 is 11.8 Å². The molecule has 2 aromatic rings. The number of nitrogens with zero attached hydrogens (tertiary/aromatic N) is 1. The van der Waals surface area contributed by atoms with Crippen LogP contribution in [0.15, 0.2) is 53.6 Å². The number of amides is 1. The summed E-state index contributed by atoms with van der Waals surface area (Å²) < 4.78 is 0. The fourth-order valence-electron chi connectivity index (χ4n) is 1.81. The second-order valence-corrected chi connectivity index (χ2v) is 4.88. The molecule has 3 nitrogen and oxygen atoms in total. The van der Waals surface area contributed by atoms with Crippen LogP contribution < -0.4 is 5.32 Å². The molecule has 1 heterocycles. The van der Waals surface area contributed by atoms with Crippen LogP contribution in [0.2, 0.25) is 0 Å². The van der Waals surface area contributed by atoms with Crippen LogP contribution in [-0.4, -0.2) is 23.7 Å². The van der Waals surface area contributed by atoms with Crippen molar-refractivity contribution in [2.24, 2.45) is 0 Å². The van der Waals surface area contributed by atoms with Gasteiger partial charge in [0.15, 0.2) is 0 Å². The molecule has 0 aliphatic heterocycles. The van der Waals surface area contributed by atoms with Crippen LogP contribution in [0.1, 0.15) is 16.1 Å². The van der Waals surface area contributed by atoms with Gasteiger partial charge in [-0.05, 0) is 36.4 Å². The largest absolute Gasteiger partial charge is 0.350 e. The van der Waals surface area contributed by atoms with Crippen molar-refractivity contribution in [3.8, 4) is 0 Å². The van der Waals surface area contributed by atoms with Crippen LogP contribution in [-0.2, 0) is 6.42 Å². The lowest BCUT2D eigenvalue weighted by Gasteiger charge is -2.08. The van der Waals surface area contributed by atoms with Crippen molar-refractivity contribution in [1.82, 2.24) is 10.3 Å². The maximum absolute atomic E-state index is 11.8. The summed E-state index contributed by atoms with van der Waals surface area (Å²) in [6.07, 6.45) is 4.51. The molecule has 1 N–H and O–H groups in total. The molecule has 19 heavy (non-hydrogen) atoms. The molecule has 98 valence electrons. The van der Waals surface area contributed by atoms with E-state index in [1.165, 1.54) is 10.5 Å². The van der Waals surface area contributed by atoms with E-state index in [0.29, 0.717) is 12.2 Å². The highest BCUT2D eigenvalue weighted by Crippen LogP contribution is 2.19. The Labute approximate surface area is 117 Å². The first-order valence-corrected chi connectivity index (χ1v) is 7.35. The van der Waals surface area contributed by atoms with Gasteiger partial charge in [-0.15, -0.1) is 11.8 Å². The highest BCUT2D eigenvalue weighted by atomic mass is 32.2. The minimum absolute atomic E-state index is 0.123. The predicted molar refractivity (Wildman–Crippen MR) is 78.5 cm³/mol. The molecule has 1 amide bonds. The summed E-state index contributed by atoms with van der Waals surface area (Å²) in [5.41, 5.74) is 1.72. The molecule has 2 rings (SSSR count). The Bertz CT molecular complexity index is 543. The molecule has 0 radical (unpaired) electrons. The summed E-state index contributed by atoms with van der Waals surface area (Å²) >= 11 is 1.73. The zero-order valence-electron chi connectivity index (χ0n) is 10.8. The smallest absolute Gasteiger partial charge is 0.269 e. The van der Waals surface area contributed by atoms with E-state index in [1.807, 2.05) is 18.2 Å². The number of rotatable bonds is 5. The number of aromatic nitrogens is 1. The molecule has 0 unspecified atom stereocenters. The van der Waals surface area contributed by atoms with Gasteiger partial charge in [0.2, 0.25) is 0 Å². The van der Waals surface area contributed by atoms with Crippen molar-refractivity contribution in [3.05, 3.63) is 59.9 Å². The van der Waals surface area contributed by atoms with E-state index in [-0.39, 0.29) is 5.91 Å². The van der Waals surface area contributed by atoms with Gasteiger partial charge in [0.05, 0.1) is 0 Å². The second-order valence-electron chi connectivity index (χ2n) is 4.03. The summed E-state index contributed by atoms with van der Waals surface area (Å²) in [5.74, 6) is -0.123. The number of carbonyl (C=O) groups is 1. The van der Waals surface area contributed by atoms with E-state index in [0.717, 1.165) is 6.42 Å². The molecule has 0 bridgehead atoms. The van der Waals surface area contributed by atoms with Crippen LogP contribution in [0.5, 0.6) is 0 Å². The summed E-state index contributed by atoms with van der Waals surface area (Å²) in [6.45, 7) is 0.618. The molecule has 0 saturated heterocycles. The molecule has 0 aliphatic carbocycles. The van der Waals surface area contributed by atoms with Crippen molar-refractivity contribution in [1.29, 1.82) is 0 Å². The predicted octanol–water partition coefficient (Wildman–Crippen LogP) is 2.78. The van der Waals surface area contributed by atoms with E-state index in [9.17, 15) is 4.79 Å². The quantitative estimate of drug-likeness (QED) is 0.851. The molecule has 4 heteroatoms. The number of thioether (sulfide) groups is 1. The summed E-state index contributed by atoms with van der Waals surface area (Å²) in [7, 11) is 0. The Balaban J connectivity index is 1.88. The van der Waals surface area contributed by atoms with Gasteiger partial charge in [0.25, 0.3) is 5.91 Å². The molecule has 0 atom stereocenters. The normalized spacial score (nSPS) is 10.2. The fraction of sp³-hybridized carbons (Fsp3) is 0.200. The van der Waals surface area contributed by atoms with Gasteiger partial charge in [0, 0.05) is 17.6 Å². The van der Waals surface area contributed by atoms with Crippen molar-refractivity contribution in [3.63, 3.8) is 0 Å². The van der Waals surface area contributed by atoms with Crippen molar-refractivity contribution in [2.45, 2.75) is 11.3 Å². The maximum atomic E-state index is 11.8. The lowest BCUT2D eigenvalue weighted by molar-refractivity contribution is 0.0949. The van der Waals surface area contributed by atoms with Gasteiger partial charge in [-0.3, -0.25) is 9.78 Å². The van der Waals surface area contributed by atoms with Crippen LogP contribution in [0, 0.1) is 0 Å². The van der Waals surface area contributed by atoms with E-state index in [2.05, 4.69) is 28.7 Å². The standard InChI is InChI=1S/C15H16N2OS/c1-19-14-8-3-2-6-12(14)9-11-17-15(18)13-7-4-5-10-16-13/h2-8,10H,9,11H2,1H3,(H,17,18). The topological polar surface area (TPSA) is 42.0 Å². The summed E-state index contributed by atoms with van der Waals surface area (Å²) in [5, 5.41) is 2.89. The van der Waals surface area contributed by atoms with Gasteiger partial charge in [-0.1, -0.05) is 24.3 Å². The van der Waals surface area contributed by atoms with Crippen molar-refractivity contribution < 1.29 is 4.79 Å². The number of hydrogen-bond acceptors (Lipinski definition) is 3. The van der Waals surface area contributed by atoms with E-state index in [4.69, 9.17) is 0 Å². The van der Waals surface area contributed by atoms with Gasteiger partial charge < -0.3 is 5.32 Å². The number of hydrogen-bond donors (Lipinski definition) is 1. The average molecular weight is 272 g/mol. The molecular formula is C15H16N2OS. The minimum Gasteiger partial charge on any atom is -0.350 e. The highest BCUT2D eigenvalue weighted by molar-refractivity contribution is 7.98. The third-order valence-corrected chi connectivity index (χ3v) is 3.61. The number of nitrogens with one attached hydrogen (secondary N) is 1. The van der Waals surface area contributed by atoms with Crippen LogP contribution in [0.25, 0.3) is 0 Å². The Morgan fingerprint density at radius 1 is 1.21 bits per heavy atom. The van der Waals surface area contributed by atoms with Gasteiger partial charge in [0.1, 0.15) is 5.69 Å². The minimum atomic E-state index is -0.123. The van der Waals surface area contributed by atoms with E-state index < -0.39 is 0 Å². The zero-order valence-corrected chi connectivity index (χ0v) is 11.6. The molecule has 1 aromatic carbocycles. The summed E-state index contributed by atoms with van der Waals surface area (Å²) in [4.78, 5) is 17.1. The molecule has 0 saturated carbocycles. The summed E-state index contributed by atoms with van der Waals surface area (Å²) in [6, 6.07) is 13.6. The van der Waals surface area contributed by atoms with Crippen LogP contribution in [0.3, 0.4) is 0 Å². The lowest BCUT2D eigenvalue weighted by atomic mass is 10.1. The Kier molecular flexibility index (Phi) is 4.98.